The minimum Gasteiger partial charge on any atom is -0.480 e. The Morgan fingerprint density at radius 3 is 2.76 bits per heavy atom. The summed E-state index contributed by atoms with van der Waals surface area (Å²) in [5.74, 6) is -2.59. The minimum atomic E-state index is -1.51. The SMILES string of the molecule is COc1nc2c(cc1C(=O)N[C@@H](C(=O)O)c1ccccc1F)CCC2. The van der Waals surface area contributed by atoms with Crippen molar-refractivity contribution >= 4 is 11.9 Å². The molecule has 2 aromatic rings. The number of carboxylic acid groups (broad SMARTS) is 1. The van der Waals surface area contributed by atoms with Crippen LogP contribution in [0.4, 0.5) is 4.39 Å². The number of aromatic nitrogens is 1. The van der Waals surface area contributed by atoms with Gasteiger partial charge in [0, 0.05) is 11.3 Å². The largest absolute Gasteiger partial charge is 0.480 e. The topological polar surface area (TPSA) is 88.5 Å². The van der Waals surface area contributed by atoms with Crippen LogP contribution in [0, 0.1) is 5.82 Å². The molecule has 0 unspecified atom stereocenters. The van der Waals surface area contributed by atoms with Crippen molar-refractivity contribution in [2.75, 3.05) is 7.11 Å². The Balaban J connectivity index is 1.93. The molecule has 0 aliphatic heterocycles. The van der Waals surface area contributed by atoms with E-state index in [1.807, 2.05) is 0 Å². The number of ether oxygens (including phenoxy) is 1. The van der Waals surface area contributed by atoms with Crippen LogP contribution in [0.25, 0.3) is 0 Å². The Labute approximate surface area is 143 Å². The van der Waals surface area contributed by atoms with E-state index in [1.54, 1.807) is 6.07 Å². The number of aliphatic carboxylic acids is 1. The van der Waals surface area contributed by atoms with Crippen molar-refractivity contribution < 1.29 is 23.8 Å². The maximum Gasteiger partial charge on any atom is 0.331 e. The molecule has 0 bridgehead atoms. The third kappa shape index (κ3) is 3.31. The van der Waals surface area contributed by atoms with Gasteiger partial charge in [-0.05, 0) is 37.0 Å². The van der Waals surface area contributed by atoms with Crippen LogP contribution in [0.15, 0.2) is 30.3 Å². The number of benzene rings is 1. The van der Waals surface area contributed by atoms with E-state index in [4.69, 9.17) is 4.74 Å². The van der Waals surface area contributed by atoms with Gasteiger partial charge in [-0.15, -0.1) is 0 Å². The number of halogens is 1. The van der Waals surface area contributed by atoms with E-state index in [2.05, 4.69) is 10.3 Å². The van der Waals surface area contributed by atoms with Crippen LogP contribution in [0.2, 0.25) is 0 Å². The number of hydrogen-bond acceptors (Lipinski definition) is 4. The number of rotatable bonds is 5. The Kier molecular flexibility index (Phi) is 4.65. The molecule has 0 radical (unpaired) electrons. The number of carboxylic acids is 1. The number of fused-ring (bicyclic) bond motifs is 1. The first-order chi connectivity index (χ1) is 12.0. The van der Waals surface area contributed by atoms with Gasteiger partial charge in [-0.25, -0.2) is 14.2 Å². The van der Waals surface area contributed by atoms with Crippen molar-refractivity contribution in [3.05, 3.63) is 58.5 Å². The van der Waals surface area contributed by atoms with Crippen molar-refractivity contribution in [3.63, 3.8) is 0 Å². The molecule has 1 amide bonds. The summed E-state index contributed by atoms with van der Waals surface area (Å²) in [7, 11) is 1.39. The molecule has 130 valence electrons. The van der Waals surface area contributed by atoms with Crippen molar-refractivity contribution in [1.82, 2.24) is 10.3 Å². The fourth-order valence-corrected chi connectivity index (χ4v) is 2.96. The van der Waals surface area contributed by atoms with Crippen LogP contribution in [0.1, 0.15) is 39.6 Å². The van der Waals surface area contributed by atoms with Gasteiger partial charge in [0.1, 0.15) is 11.4 Å². The summed E-state index contributed by atoms with van der Waals surface area (Å²) in [6.07, 6.45) is 2.58. The second-order valence-corrected chi connectivity index (χ2v) is 5.77. The van der Waals surface area contributed by atoms with Crippen molar-refractivity contribution in [3.8, 4) is 5.88 Å². The highest BCUT2D eigenvalue weighted by atomic mass is 19.1. The van der Waals surface area contributed by atoms with Crippen LogP contribution in [-0.4, -0.2) is 29.1 Å². The average Bonchev–Trinajstić information content (AvgIpc) is 3.06. The van der Waals surface area contributed by atoms with Gasteiger partial charge in [0.25, 0.3) is 5.91 Å². The zero-order chi connectivity index (χ0) is 18.0. The summed E-state index contributed by atoms with van der Waals surface area (Å²) in [5.41, 5.74) is 1.86. The van der Waals surface area contributed by atoms with E-state index in [0.29, 0.717) is 0 Å². The zero-order valence-electron chi connectivity index (χ0n) is 13.6. The van der Waals surface area contributed by atoms with E-state index >= 15 is 0 Å². The van der Waals surface area contributed by atoms with Gasteiger partial charge in [0.2, 0.25) is 5.88 Å². The zero-order valence-corrected chi connectivity index (χ0v) is 13.6. The van der Waals surface area contributed by atoms with E-state index in [-0.39, 0.29) is 17.0 Å². The number of nitrogens with one attached hydrogen (secondary N) is 1. The molecule has 1 aliphatic carbocycles. The van der Waals surface area contributed by atoms with Gasteiger partial charge in [-0.1, -0.05) is 18.2 Å². The number of aryl methyl sites for hydroxylation is 2. The molecule has 1 aromatic heterocycles. The second-order valence-electron chi connectivity index (χ2n) is 5.77. The van der Waals surface area contributed by atoms with Gasteiger partial charge >= 0.3 is 5.97 Å². The molecule has 0 saturated carbocycles. The first-order valence-corrected chi connectivity index (χ1v) is 7.86. The van der Waals surface area contributed by atoms with E-state index in [9.17, 15) is 19.1 Å². The highest BCUT2D eigenvalue weighted by Gasteiger charge is 2.28. The molecule has 6 nitrogen and oxygen atoms in total. The van der Waals surface area contributed by atoms with Crippen LogP contribution >= 0.6 is 0 Å². The molecule has 0 spiro atoms. The molecule has 1 aliphatic rings. The lowest BCUT2D eigenvalue weighted by atomic mass is 10.1. The first kappa shape index (κ1) is 16.9. The monoisotopic (exact) mass is 344 g/mol. The summed E-state index contributed by atoms with van der Waals surface area (Å²) in [4.78, 5) is 28.5. The number of carbonyl (C=O) groups excluding carboxylic acids is 1. The quantitative estimate of drug-likeness (QED) is 0.869. The number of hydrogen-bond donors (Lipinski definition) is 2. The molecule has 25 heavy (non-hydrogen) atoms. The molecule has 2 N–H and O–H groups in total. The predicted octanol–water partition coefficient (Wildman–Crippen LogP) is 2.27. The molecular formula is C18H17FN2O4. The van der Waals surface area contributed by atoms with Gasteiger partial charge in [0.15, 0.2) is 6.04 Å². The maximum atomic E-state index is 13.9. The van der Waals surface area contributed by atoms with Crippen LogP contribution in [0.3, 0.4) is 0 Å². The van der Waals surface area contributed by atoms with E-state index < -0.39 is 23.7 Å². The third-order valence-electron chi connectivity index (χ3n) is 4.19. The van der Waals surface area contributed by atoms with Crippen molar-refractivity contribution in [2.45, 2.75) is 25.3 Å². The number of carbonyl (C=O) groups is 2. The van der Waals surface area contributed by atoms with Crippen LogP contribution < -0.4 is 10.1 Å². The third-order valence-corrected chi connectivity index (χ3v) is 4.19. The summed E-state index contributed by atoms with van der Waals surface area (Å²) in [5, 5.41) is 11.8. The summed E-state index contributed by atoms with van der Waals surface area (Å²) in [6.45, 7) is 0. The lowest BCUT2D eigenvalue weighted by Gasteiger charge is -2.17. The molecule has 1 aromatic carbocycles. The first-order valence-electron chi connectivity index (χ1n) is 7.86. The maximum absolute atomic E-state index is 13.9. The predicted molar refractivity (Wildman–Crippen MR) is 87.1 cm³/mol. The molecule has 0 fully saturated rings. The lowest BCUT2D eigenvalue weighted by molar-refractivity contribution is -0.139. The molecule has 1 heterocycles. The van der Waals surface area contributed by atoms with Gasteiger partial charge in [-0.3, -0.25) is 4.79 Å². The highest BCUT2D eigenvalue weighted by molar-refractivity contribution is 5.99. The van der Waals surface area contributed by atoms with Gasteiger partial charge < -0.3 is 15.2 Å². The standard InChI is InChI=1S/C18H17FN2O4/c1-25-17-12(9-10-5-4-8-14(10)20-17)16(22)21-15(18(23)24)11-6-2-3-7-13(11)19/h2-3,6-7,9,15H,4-5,8H2,1H3,(H,21,22)(H,23,24)/t15-/m1/s1. The molecule has 3 rings (SSSR count). The van der Waals surface area contributed by atoms with Gasteiger partial charge in [-0.2, -0.15) is 0 Å². The van der Waals surface area contributed by atoms with Crippen molar-refractivity contribution in [1.29, 1.82) is 0 Å². The van der Waals surface area contributed by atoms with E-state index in [0.717, 1.165) is 36.6 Å². The summed E-state index contributed by atoms with van der Waals surface area (Å²) >= 11 is 0. The lowest BCUT2D eigenvalue weighted by Crippen LogP contribution is -2.34. The fraction of sp³-hybridized carbons (Fsp3) is 0.278. The fourth-order valence-electron chi connectivity index (χ4n) is 2.96. The highest BCUT2D eigenvalue weighted by Crippen LogP contribution is 2.27. The Morgan fingerprint density at radius 2 is 2.08 bits per heavy atom. The second kappa shape index (κ2) is 6.88. The Bertz CT molecular complexity index is 838. The van der Waals surface area contributed by atoms with E-state index in [1.165, 1.54) is 25.3 Å². The number of methoxy groups -OCH3 is 1. The molecule has 0 saturated heterocycles. The summed E-state index contributed by atoms with van der Waals surface area (Å²) < 4.78 is 19.1. The smallest absolute Gasteiger partial charge is 0.331 e. The molecule has 1 atom stereocenters. The summed E-state index contributed by atoms with van der Waals surface area (Å²) in [6, 6.07) is 5.60. The Morgan fingerprint density at radius 1 is 1.32 bits per heavy atom. The molecule has 7 heteroatoms. The van der Waals surface area contributed by atoms with Crippen LogP contribution in [0.5, 0.6) is 5.88 Å². The normalized spacial score (nSPS) is 13.8. The Hall–Kier alpha value is -2.96. The minimum absolute atomic E-state index is 0.114. The van der Waals surface area contributed by atoms with Crippen LogP contribution in [-0.2, 0) is 17.6 Å². The average molecular weight is 344 g/mol. The number of pyridine rings is 1. The number of amides is 1. The molecular weight excluding hydrogens is 327 g/mol. The van der Waals surface area contributed by atoms with Crippen molar-refractivity contribution in [2.24, 2.45) is 0 Å². The van der Waals surface area contributed by atoms with Gasteiger partial charge in [0.05, 0.1) is 7.11 Å². The number of nitrogens with zero attached hydrogens (tertiary/aromatic N) is 1.